The van der Waals surface area contributed by atoms with E-state index in [0.29, 0.717) is 12.3 Å². The Balaban J connectivity index is 2.03. The van der Waals surface area contributed by atoms with E-state index in [1.807, 2.05) is 25.1 Å². The third-order valence-corrected chi connectivity index (χ3v) is 4.03. The van der Waals surface area contributed by atoms with Crippen molar-refractivity contribution in [3.63, 3.8) is 0 Å². The molecule has 0 heterocycles. The second-order valence-electron chi connectivity index (χ2n) is 5.43. The molecule has 106 valence electrons. The van der Waals surface area contributed by atoms with E-state index < -0.39 is 6.10 Å². The lowest BCUT2D eigenvalue weighted by atomic mass is 9.77. The van der Waals surface area contributed by atoms with Crippen LogP contribution < -0.4 is 10.1 Å². The minimum atomic E-state index is -0.626. The molecule has 1 fully saturated rings. The van der Waals surface area contributed by atoms with Gasteiger partial charge in [-0.1, -0.05) is 11.6 Å². The van der Waals surface area contributed by atoms with Crippen molar-refractivity contribution >= 4 is 0 Å². The van der Waals surface area contributed by atoms with Gasteiger partial charge in [0.15, 0.2) is 0 Å². The van der Waals surface area contributed by atoms with E-state index in [9.17, 15) is 10.2 Å². The Labute approximate surface area is 114 Å². The number of methoxy groups -OCH3 is 1. The van der Waals surface area contributed by atoms with Crippen molar-refractivity contribution in [2.75, 3.05) is 20.3 Å². The molecule has 4 heteroatoms. The van der Waals surface area contributed by atoms with E-state index in [1.54, 1.807) is 7.11 Å². The predicted octanol–water partition coefficient (Wildman–Crippen LogP) is 1.54. The van der Waals surface area contributed by atoms with Gasteiger partial charge >= 0.3 is 0 Å². The fourth-order valence-electron chi connectivity index (χ4n) is 2.53. The normalized spacial score (nSPS) is 18.7. The number of aliphatic hydroxyl groups is 2. The molecule has 1 atom stereocenters. The van der Waals surface area contributed by atoms with E-state index in [4.69, 9.17) is 4.74 Å². The van der Waals surface area contributed by atoms with Crippen molar-refractivity contribution in [1.82, 2.24) is 5.32 Å². The summed E-state index contributed by atoms with van der Waals surface area (Å²) in [5, 5.41) is 23.0. The monoisotopic (exact) mass is 265 g/mol. The maximum absolute atomic E-state index is 10.3. The molecular weight excluding hydrogens is 242 g/mol. The molecule has 1 unspecified atom stereocenters. The molecule has 1 saturated carbocycles. The van der Waals surface area contributed by atoms with E-state index in [2.05, 4.69) is 5.32 Å². The molecule has 0 spiro atoms. The molecular formula is C15H23NO3. The van der Waals surface area contributed by atoms with Crippen molar-refractivity contribution in [2.24, 2.45) is 0 Å². The topological polar surface area (TPSA) is 61.7 Å². The van der Waals surface area contributed by atoms with Crippen molar-refractivity contribution in [2.45, 2.75) is 37.8 Å². The fourth-order valence-corrected chi connectivity index (χ4v) is 2.53. The lowest BCUT2D eigenvalue weighted by molar-refractivity contribution is 0.0682. The highest BCUT2D eigenvalue weighted by Crippen LogP contribution is 2.32. The first-order valence-corrected chi connectivity index (χ1v) is 6.79. The second-order valence-corrected chi connectivity index (χ2v) is 5.43. The standard InChI is InChI=1S/C15H23NO3/c1-11-4-5-14(19-2)12(8-11)13(18)9-16-15(10-17)6-3-7-15/h4-5,8,13,16-18H,3,6-7,9-10H2,1-2H3. The molecule has 4 nitrogen and oxygen atoms in total. The number of benzene rings is 1. The Kier molecular flexibility index (Phi) is 4.45. The molecule has 0 aromatic heterocycles. The van der Waals surface area contributed by atoms with E-state index >= 15 is 0 Å². The minimum absolute atomic E-state index is 0.130. The summed E-state index contributed by atoms with van der Waals surface area (Å²) in [6.07, 6.45) is 2.46. The van der Waals surface area contributed by atoms with E-state index in [1.165, 1.54) is 0 Å². The Hall–Kier alpha value is -1.10. The van der Waals surface area contributed by atoms with Crippen LogP contribution in [0.4, 0.5) is 0 Å². The largest absolute Gasteiger partial charge is 0.496 e. The molecule has 0 saturated heterocycles. The van der Waals surface area contributed by atoms with E-state index in [0.717, 1.165) is 30.4 Å². The summed E-state index contributed by atoms with van der Waals surface area (Å²) in [7, 11) is 1.61. The minimum Gasteiger partial charge on any atom is -0.496 e. The van der Waals surface area contributed by atoms with Crippen LogP contribution in [0.15, 0.2) is 18.2 Å². The highest BCUT2D eigenvalue weighted by molar-refractivity contribution is 5.38. The van der Waals surface area contributed by atoms with Gasteiger partial charge in [-0.2, -0.15) is 0 Å². The number of hydrogen-bond donors (Lipinski definition) is 3. The van der Waals surface area contributed by atoms with Crippen LogP contribution in [0.3, 0.4) is 0 Å². The number of rotatable bonds is 6. The summed E-state index contributed by atoms with van der Waals surface area (Å²) in [4.78, 5) is 0. The quantitative estimate of drug-likeness (QED) is 0.730. The predicted molar refractivity (Wildman–Crippen MR) is 74.4 cm³/mol. The number of hydrogen-bond acceptors (Lipinski definition) is 4. The van der Waals surface area contributed by atoms with Gasteiger partial charge < -0.3 is 20.3 Å². The maximum Gasteiger partial charge on any atom is 0.124 e. The van der Waals surface area contributed by atoms with Gasteiger partial charge in [-0.05, 0) is 38.3 Å². The van der Waals surface area contributed by atoms with Gasteiger partial charge in [-0.3, -0.25) is 0 Å². The second kappa shape index (κ2) is 5.90. The number of ether oxygens (including phenoxy) is 1. The lowest BCUT2D eigenvalue weighted by Gasteiger charge is -2.41. The number of aliphatic hydroxyl groups excluding tert-OH is 2. The van der Waals surface area contributed by atoms with Gasteiger partial charge in [-0.15, -0.1) is 0 Å². The molecule has 0 aliphatic heterocycles. The molecule has 19 heavy (non-hydrogen) atoms. The third kappa shape index (κ3) is 3.08. The molecule has 0 amide bonds. The summed E-state index contributed by atoms with van der Waals surface area (Å²) in [6.45, 7) is 2.55. The molecule has 3 N–H and O–H groups in total. The van der Waals surface area contributed by atoms with Crippen LogP contribution in [0, 0.1) is 6.92 Å². The zero-order valence-electron chi connectivity index (χ0n) is 11.6. The van der Waals surface area contributed by atoms with E-state index in [-0.39, 0.29) is 12.1 Å². The average molecular weight is 265 g/mol. The van der Waals surface area contributed by atoms with Crippen LogP contribution in [0.25, 0.3) is 0 Å². The molecule has 1 aliphatic carbocycles. The highest BCUT2D eigenvalue weighted by Gasteiger charge is 2.36. The maximum atomic E-state index is 10.3. The Morgan fingerprint density at radius 2 is 2.16 bits per heavy atom. The first-order valence-electron chi connectivity index (χ1n) is 6.79. The van der Waals surface area contributed by atoms with Gasteiger partial charge in [0.25, 0.3) is 0 Å². The smallest absolute Gasteiger partial charge is 0.124 e. The third-order valence-electron chi connectivity index (χ3n) is 4.03. The van der Waals surface area contributed by atoms with Crippen LogP contribution in [-0.4, -0.2) is 36.0 Å². The SMILES string of the molecule is COc1ccc(C)cc1C(O)CNC1(CO)CCC1. The lowest BCUT2D eigenvalue weighted by Crippen LogP contribution is -2.54. The van der Waals surface area contributed by atoms with Gasteiger partial charge in [0, 0.05) is 17.6 Å². The van der Waals surface area contributed by atoms with Crippen LogP contribution >= 0.6 is 0 Å². The molecule has 1 aliphatic rings. The van der Waals surface area contributed by atoms with Crippen LogP contribution in [0.5, 0.6) is 5.75 Å². The highest BCUT2D eigenvalue weighted by atomic mass is 16.5. The number of nitrogens with one attached hydrogen (secondary N) is 1. The van der Waals surface area contributed by atoms with Crippen LogP contribution in [-0.2, 0) is 0 Å². The average Bonchev–Trinajstić information content (AvgIpc) is 2.37. The Morgan fingerprint density at radius 1 is 1.42 bits per heavy atom. The first-order chi connectivity index (χ1) is 9.10. The van der Waals surface area contributed by atoms with Crippen molar-refractivity contribution in [1.29, 1.82) is 0 Å². The summed E-state index contributed by atoms with van der Waals surface area (Å²) in [5.74, 6) is 0.701. The summed E-state index contributed by atoms with van der Waals surface area (Å²) in [5.41, 5.74) is 1.70. The summed E-state index contributed by atoms with van der Waals surface area (Å²) < 4.78 is 5.28. The zero-order chi connectivity index (χ0) is 13.9. The number of β-amino-alcohol motifs (C(OH)–C–C–N with tert-alkyl or cyclic N) is 1. The fraction of sp³-hybridized carbons (Fsp3) is 0.600. The van der Waals surface area contributed by atoms with Crippen molar-refractivity contribution in [3.05, 3.63) is 29.3 Å². The van der Waals surface area contributed by atoms with Gasteiger partial charge in [0.1, 0.15) is 5.75 Å². The molecule has 1 aromatic rings. The number of aryl methyl sites for hydroxylation is 1. The summed E-state index contributed by atoms with van der Waals surface area (Å²) >= 11 is 0. The van der Waals surface area contributed by atoms with Crippen molar-refractivity contribution < 1.29 is 14.9 Å². The van der Waals surface area contributed by atoms with Crippen LogP contribution in [0.2, 0.25) is 0 Å². The van der Waals surface area contributed by atoms with Gasteiger partial charge in [-0.25, -0.2) is 0 Å². The van der Waals surface area contributed by atoms with Crippen molar-refractivity contribution in [3.8, 4) is 5.75 Å². The molecule has 2 rings (SSSR count). The molecule has 0 radical (unpaired) electrons. The Bertz CT molecular complexity index is 424. The molecule has 1 aromatic carbocycles. The van der Waals surface area contributed by atoms with Gasteiger partial charge in [0.05, 0.1) is 19.8 Å². The Morgan fingerprint density at radius 3 is 2.68 bits per heavy atom. The van der Waals surface area contributed by atoms with Crippen LogP contribution in [0.1, 0.15) is 36.5 Å². The molecule has 0 bridgehead atoms. The first kappa shape index (κ1) is 14.3. The summed E-state index contributed by atoms with van der Waals surface area (Å²) in [6, 6.07) is 5.78. The van der Waals surface area contributed by atoms with Gasteiger partial charge in [0.2, 0.25) is 0 Å². The zero-order valence-corrected chi connectivity index (χ0v) is 11.6.